The first-order valence-corrected chi connectivity index (χ1v) is 8.24. The van der Waals surface area contributed by atoms with Crippen LogP contribution in [0, 0.1) is 11.8 Å². The molecule has 2 aliphatic rings. The van der Waals surface area contributed by atoms with E-state index in [0.29, 0.717) is 18.3 Å². The molecule has 1 aromatic rings. The Morgan fingerprint density at radius 3 is 2.91 bits per heavy atom. The molecule has 2 fully saturated rings. The number of carbonyl (C=O) groups excluding carboxylic acids is 1. The fourth-order valence-corrected chi connectivity index (χ4v) is 2.73. The van der Waals surface area contributed by atoms with Crippen molar-refractivity contribution in [2.75, 3.05) is 6.61 Å². The summed E-state index contributed by atoms with van der Waals surface area (Å²) in [6.45, 7) is 3.51. The maximum absolute atomic E-state index is 11.9. The van der Waals surface area contributed by atoms with Crippen LogP contribution in [0.3, 0.4) is 0 Å². The van der Waals surface area contributed by atoms with Crippen molar-refractivity contribution < 1.29 is 9.53 Å². The number of carbonyl (C=O) groups is 1. The predicted octanol–water partition coefficient (Wildman–Crippen LogP) is 3.23. The molecule has 2 aliphatic carbocycles. The van der Waals surface area contributed by atoms with Crippen molar-refractivity contribution in [1.82, 2.24) is 10.3 Å². The monoisotopic (exact) mass is 300 g/mol. The molecular formula is C18H24N2O2. The van der Waals surface area contributed by atoms with Gasteiger partial charge in [0.15, 0.2) is 0 Å². The van der Waals surface area contributed by atoms with Crippen LogP contribution in [0.2, 0.25) is 0 Å². The summed E-state index contributed by atoms with van der Waals surface area (Å²) < 4.78 is 5.60. The lowest BCUT2D eigenvalue weighted by Crippen LogP contribution is -2.20. The van der Waals surface area contributed by atoms with Crippen molar-refractivity contribution in [2.45, 2.75) is 45.6 Å². The van der Waals surface area contributed by atoms with E-state index in [0.717, 1.165) is 30.9 Å². The van der Waals surface area contributed by atoms with Gasteiger partial charge in [-0.15, -0.1) is 0 Å². The van der Waals surface area contributed by atoms with Gasteiger partial charge in [0.25, 0.3) is 0 Å². The quantitative estimate of drug-likeness (QED) is 0.821. The molecule has 118 valence electrons. The molecule has 1 heterocycles. The average Bonchev–Trinajstić information content (AvgIpc) is 3.26. The Morgan fingerprint density at radius 2 is 2.27 bits per heavy atom. The smallest absolute Gasteiger partial charge is 0.244 e. The minimum absolute atomic E-state index is 0.00170. The molecule has 3 rings (SSSR count). The third-order valence-electron chi connectivity index (χ3n) is 4.33. The summed E-state index contributed by atoms with van der Waals surface area (Å²) in [6.07, 6.45) is 9.41. The van der Waals surface area contributed by atoms with Crippen LogP contribution in [-0.2, 0) is 11.3 Å². The lowest BCUT2D eigenvalue weighted by atomic mass is 10.1. The number of hydrogen-bond acceptors (Lipinski definition) is 3. The number of amides is 1. The Morgan fingerprint density at radius 1 is 1.41 bits per heavy atom. The van der Waals surface area contributed by atoms with E-state index in [9.17, 15) is 4.79 Å². The molecule has 0 bridgehead atoms. The SMILES string of the molecule is CC1CCC(=CC(=O)NCc2ccc(OCC3CC3)nc2)C1. The molecule has 2 saturated carbocycles. The second-order valence-electron chi connectivity index (χ2n) is 6.63. The highest BCUT2D eigenvalue weighted by molar-refractivity contribution is 5.88. The zero-order valence-corrected chi connectivity index (χ0v) is 13.2. The lowest BCUT2D eigenvalue weighted by Gasteiger charge is -2.06. The number of ether oxygens (including phenoxy) is 1. The number of aromatic nitrogens is 1. The number of pyridine rings is 1. The number of nitrogens with zero attached hydrogens (tertiary/aromatic N) is 1. The second-order valence-corrected chi connectivity index (χ2v) is 6.63. The van der Waals surface area contributed by atoms with E-state index in [-0.39, 0.29) is 5.91 Å². The normalized spacial score (nSPS) is 22.8. The first-order valence-electron chi connectivity index (χ1n) is 8.24. The summed E-state index contributed by atoms with van der Waals surface area (Å²) in [7, 11) is 0. The first kappa shape index (κ1) is 15.1. The molecule has 0 aliphatic heterocycles. The average molecular weight is 300 g/mol. The molecule has 22 heavy (non-hydrogen) atoms. The minimum Gasteiger partial charge on any atom is -0.477 e. The summed E-state index contributed by atoms with van der Waals surface area (Å²) in [4.78, 5) is 16.2. The number of allylic oxidation sites excluding steroid dienone is 1. The van der Waals surface area contributed by atoms with E-state index in [4.69, 9.17) is 4.74 Å². The number of rotatable bonds is 6. The molecule has 1 unspecified atom stereocenters. The first-order chi connectivity index (χ1) is 10.7. The van der Waals surface area contributed by atoms with Gasteiger partial charge in [0.1, 0.15) is 0 Å². The fraction of sp³-hybridized carbons (Fsp3) is 0.556. The summed E-state index contributed by atoms with van der Waals surface area (Å²) in [5.74, 6) is 2.11. The predicted molar refractivity (Wildman–Crippen MR) is 85.4 cm³/mol. The standard InChI is InChI=1S/C18H24N2O2/c1-13-2-3-15(8-13)9-17(21)19-10-16-6-7-18(20-11-16)22-12-14-4-5-14/h6-7,9,11,13-14H,2-5,8,10,12H2,1H3,(H,19,21). The third kappa shape index (κ3) is 4.58. The molecule has 4 heteroatoms. The van der Waals surface area contributed by atoms with Crippen molar-refractivity contribution >= 4 is 5.91 Å². The van der Waals surface area contributed by atoms with Crippen LogP contribution in [0.1, 0.15) is 44.6 Å². The molecule has 1 N–H and O–H groups in total. The molecule has 0 saturated heterocycles. The Bertz CT molecular complexity index is 547. The van der Waals surface area contributed by atoms with Gasteiger partial charge in [-0.05, 0) is 49.5 Å². The van der Waals surface area contributed by atoms with Gasteiger partial charge in [0, 0.05) is 24.9 Å². The Balaban J connectivity index is 1.43. The lowest BCUT2D eigenvalue weighted by molar-refractivity contribution is -0.116. The van der Waals surface area contributed by atoms with E-state index in [1.54, 1.807) is 12.3 Å². The second kappa shape index (κ2) is 6.95. The van der Waals surface area contributed by atoms with E-state index in [1.807, 2.05) is 12.1 Å². The highest BCUT2D eigenvalue weighted by atomic mass is 16.5. The number of hydrogen-bond donors (Lipinski definition) is 1. The Kier molecular flexibility index (Phi) is 4.76. The van der Waals surface area contributed by atoms with Crippen LogP contribution in [0.15, 0.2) is 30.0 Å². The largest absolute Gasteiger partial charge is 0.477 e. The van der Waals surface area contributed by atoms with Gasteiger partial charge in [-0.25, -0.2) is 4.98 Å². The highest BCUT2D eigenvalue weighted by Gasteiger charge is 2.22. The van der Waals surface area contributed by atoms with Gasteiger partial charge < -0.3 is 10.1 Å². The van der Waals surface area contributed by atoms with Crippen molar-refractivity contribution in [2.24, 2.45) is 11.8 Å². The molecule has 0 aromatic carbocycles. The van der Waals surface area contributed by atoms with Crippen LogP contribution >= 0.6 is 0 Å². The van der Waals surface area contributed by atoms with Crippen LogP contribution in [0.5, 0.6) is 5.88 Å². The summed E-state index contributed by atoms with van der Waals surface area (Å²) in [5, 5.41) is 2.92. The summed E-state index contributed by atoms with van der Waals surface area (Å²) in [5.41, 5.74) is 2.26. The Hall–Kier alpha value is -1.84. The Labute approximate surface area is 132 Å². The van der Waals surface area contributed by atoms with Crippen molar-refractivity contribution in [3.8, 4) is 5.88 Å². The summed E-state index contributed by atoms with van der Waals surface area (Å²) in [6, 6.07) is 3.83. The van der Waals surface area contributed by atoms with Crippen LogP contribution in [0.4, 0.5) is 0 Å². The fourth-order valence-electron chi connectivity index (χ4n) is 2.73. The maximum atomic E-state index is 11.9. The van der Waals surface area contributed by atoms with E-state index >= 15 is 0 Å². The zero-order valence-electron chi connectivity index (χ0n) is 13.2. The van der Waals surface area contributed by atoms with Gasteiger partial charge >= 0.3 is 0 Å². The van der Waals surface area contributed by atoms with Crippen molar-refractivity contribution in [3.05, 3.63) is 35.5 Å². The highest BCUT2D eigenvalue weighted by Crippen LogP contribution is 2.29. The molecule has 1 atom stereocenters. The topological polar surface area (TPSA) is 51.2 Å². The number of nitrogens with one attached hydrogen (secondary N) is 1. The van der Waals surface area contributed by atoms with Crippen molar-refractivity contribution in [1.29, 1.82) is 0 Å². The van der Waals surface area contributed by atoms with E-state index in [1.165, 1.54) is 24.8 Å². The molecule has 1 aromatic heterocycles. The van der Waals surface area contributed by atoms with Gasteiger partial charge in [0.05, 0.1) is 6.61 Å². The molecular weight excluding hydrogens is 276 g/mol. The molecule has 4 nitrogen and oxygen atoms in total. The van der Waals surface area contributed by atoms with Gasteiger partial charge in [-0.3, -0.25) is 4.79 Å². The van der Waals surface area contributed by atoms with Crippen LogP contribution in [0.25, 0.3) is 0 Å². The zero-order chi connectivity index (χ0) is 15.4. The molecule has 0 radical (unpaired) electrons. The molecule has 0 spiro atoms. The van der Waals surface area contributed by atoms with Gasteiger partial charge in [0.2, 0.25) is 11.8 Å². The van der Waals surface area contributed by atoms with Crippen LogP contribution in [-0.4, -0.2) is 17.5 Å². The van der Waals surface area contributed by atoms with E-state index < -0.39 is 0 Å². The minimum atomic E-state index is -0.00170. The molecule has 1 amide bonds. The maximum Gasteiger partial charge on any atom is 0.244 e. The summed E-state index contributed by atoms with van der Waals surface area (Å²) >= 11 is 0. The van der Waals surface area contributed by atoms with Crippen LogP contribution < -0.4 is 10.1 Å². The van der Waals surface area contributed by atoms with Gasteiger partial charge in [-0.1, -0.05) is 18.6 Å². The van der Waals surface area contributed by atoms with Crippen molar-refractivity contribution in [3.63, 3.8) is 0 Å². The van der Waals surface area contributed by atoms with E-state index in [2.05, 4.69) is 17.2 Å². The third-order valence-corrected chi connectivity index (χ3v) is 4.33. The van der Waals surface area contributed by atoms with Gasteiger partial charge in [-0.2, -0.15) is 0 Å².